The van der Waals surface area contributed by atoms with Gasteiger partial charge in [0.05, 0.1) is 0 Å². The second kappa shape index (κ2) is 9.28. The van der Waals surface area contributed by atoms with Crippen molar-refractivity contribution in [1.82, 2.24) is 10.3 Å². The topological polar surface area (TPSA) is 53.6 Å². The lowest BCUT2D eigenvalue weighted by molar-refractivity contribution is 0.327. The van der Waals surface area contributed by atoms with Crippen LogP contribution in [0.2, 0.25) is 0 Å². The molecule has 0 spiro atoms. The van der Waals surface area contributed by atoms with Gasteiger partial charge < -0.3 is 4.90 Å². The summed E-state index contributed by atoms with van der Waals surface area (Å²) in [6.07, 6.45) is 3.68. The first-order valence-corrected chi connectivity index (χ1v) is 6.80. The molecule has 0 rings (SSSR count). The Labute approximate surface area is 107 Å². The first kappa shape index (κ1) is 16.2. The highest BCUT2D eigenvalue weighted by Gasteiger charge is 2.13. The van der Waals surface area contributed by atoms with Crippen molar-refractivity contribution in [2.24, 2.45) is 16.8 Å². The molecule has 4 nitrogen and oxygen atoms in total. The minimum Gasteiger partial charge on any atom is -0.340 e. The number of nitrogens with one attached hydrogen (secondary N) is 1. The van der Waals surface area contributed by atoms with E-state index in [1.807, 2.05) is 0 Å². The smallest absolute Gasteiger partial charge is 0.208 e. The molecule has 0 saturated heterocycles. The molecule has 3 N–H and O–H groups in total. The van der Waals surface area contributed by atoms with Crippen molar-refractivity contribution < 1.29 is 0 Å². The predicted molar refractivity (Wildman–Crippen MR) is 75.8 cm³/mol. The Morgan fingerprint density at radius 2 is 1.88 bits per heavy atom. The average molecular weight is 242 g/mol. The number of guanidine groups is 1. The van der Waals surface area contributed by atoms with Crippen LogP contribution in [0.15, 0.2) is 4.99 Å². The molecule has 0 aliphatic rings. The maximum atomic E-state index is 5.58. The van der Waals surface area contributed by atoms with Crippen molar-refractivity contribution in [2.75, 3.05) is 13.1 Å². The normalized spacial score (nSPS) is 12.4. The number of unbranched alkanes of at least 4 members (excludes halogenated alkanes) is 2. The minimum atomic E-state index is 0.425. The van der Waals surface area contributed by atoms with Gasteiger partial charge in [0.1, 0.15) is 0 Å². The highest BCUT2D eigenvalue weighted by atomic mass is 15.4. The third kappa shape index (κ3) is 7.21. The van der Waals surface area contributed by atoms with Crippen LogP contribution >= 0.6 is 0 Å². The molecule has 0 unspecified atom stereocenters. The Hall–Kier alpha value is -0.770. The highest BCUT2D eigenvalue weighted by Crippen LogP contribution is 2.04. The van der Waals surface area contributed by atoms with Gasteiger partial charge in [0.2, 0.25) is 5.96 Å². The molecular weight excluding hydrogens is 212 g/mol. The van der Waals surface area contributed by atoms with E-state index in [1.54, 1.807) is 0 Å². The lowest BCUT2D eigenvalue weighted by Crippen LogP contribution is -2.48. The van der Waals surface area contributed by atoms with Crippen LogP contribution in [0.25, 0.3) is 0 Å². The van der Waals surface area contributed by atoms with E-state index in [9.17, 15) is 0 Å². The van der Waals surface area contributed by atoms with Crippen LogP contribution in [0.3, 0.4) is 0 Å². The third-order valence-corrected chi connectivity index (χ3v) is 2.63. The van der Waals surface area contributed by atoms with Gasteiger partial charge in [-0.2, -0.15) is 0 Å². The number of hydrazine groups is 1. The SMILES string of the molecule is CCCCCN(C(=NCC(C)C)NN)C(C)C. The van der Waals surface area contributed by atoms with Gasteiger partial charge >= 0.3 is 0 Å². The molecule has 0 bridgehead atoms. The number of aliphatic imine (C=N–C) groups is 1. The van der Waals surface area contributed by atoms with E-state index in [0.717, 1.165) is 19.0 Å². The summed E-state index contributed by atoms with van der Waals surface area (Å²) in [5.74, 6) is 6.96. The summed E-state index contributed by atoms with van der Waals surface area (Å²) in [5.41, 5.74) is 2.74. The zero-order valence-corrected chi connectivity index (χ0v) is 12.2. The molecule has 0 aliphatic carbocycles. The van der Waals surface area contributed by atoms with Gasteiger partial charge in [-0.05, 0) is 26.2 Å². The van der Waals surface area contributed by atoms with Gasteiger partial charge in [-0.25, -0.2) is 5.84 Å². The van der Waals surface area contributed by atoms with Gasteiger partial charge in [-0.3, -0.25) is 10.4 Å². The van der Waals surface area contributed by atoms with Crippen LogP contribution in [0, 0.1) is 5.92 Å². The Morgan fingerprint density at radius 1 is 1.24 bits per heavy atom. The Balaban J connectivity index is 4.46. The van der Waals surface area contributed by atoms with E-state index in [4.69, 9.17) is 5.84 Å². The number of rotatable bonds is 7. The minimum absolute atomic E-state index is 0.425. The van der Waals surface area contributed by atoms with Crippen molar-refractivity contribution in [2.45, 2.75) is 59.9 Å². The van der Waals surface area contributed by atoms with E-state index in [1.165, 1.54) is 19.3 Å². The second-order valence-electron chi connectivity index (χ2n) is 5.20. The fourth-order valence-electron chi connectivity index (χ4n) is 1.63. The van der Waals surface area contributed by atoms with Gasteiger partial charge in [0.25, 0.3) is 0 Å². The zero-order chi connectivity index (χ0) is 13.3. The van der Waals surface area contributed by atoms with E-state index in [0.29, 0.717) is 12.0 Å². The molecule has 102 valence electrons. The van der Waals surface area contributed by atoms with Crippen LogP contribution in [-0.2, 0) is 0 Å². The number of nitrogens with zero attached hydrogens (tertiary/aromatic N) is 2. The Bertz CT molecular complexity index is 211. The molecule has 4 heteroatoms. The van der Waals surface area contributed by atoms with Gasteiger partial charge in [-0.1, -0.05) is 33.6 Å². The first-order valence-electron chi connectivity index (χ1n) is 6.80. The summed E-state index contributed by atoms with van der Waals surface area (Å²) in [5, 5.41) is 0. The summed E-state index contributed by atoms with van der Waals surface area (Å²) >= 11 is 0. The molecule has 0 radical (unpaired) electrons. The molecule has 0 aromatic rings. The molecule has 0 aromatic heterocycles. The van der Waals surface area contributed by atoms with Crippen LogP contribution in [-0.4, -0.2) is 30.0 Å². The fraction of sp³-hybridized carbons (Fsp3) is 0.923. The third-order valence-electron chi connectivity index (χ3n) is 2.63. The standard InChI is InChI=1S/C13H30N4/c1-6-7-8-9-17(12(4)5)13(16-14)15-10-11(2)3/h11-12H,6-10,14H2,1-5H3,(H,15,16). The molecule has 0 atom stereocenters. The summed E-state index contributed by atoms with van der Waals surface area (Å²) in [6.45, 7) is 12.7. The molecule has 0 aliphatic heterocycles. The van der Waals surface area contributed by atoms with Crippen molar-refractivity contribution in [1.29, 1.82) is 0 Å². The highest BCUT2D eigenvalue weighted by molar-refractivity contribution is 5.79. The molecule has 0 saturated carbocycles. The molecule has 0 aromatic carbocycles. The van der Waals surface area contributed by atoms with Gasteiger partial charge in [-0.15, -0.1) is 0 Å². The van der Waals surface area contributed by atoms with Crippen LogP contribution in [0.5, 0.6) is 0 Å². The van der Waals surface area contributed by atoms with Gasteiger partial charge in [0, 0.05) is 19.1 Å². The Morgan fingerprint density at radius 3 is 2.29 bits per heavy atom. The maximum absolute atomic E-state index is 5.58. The summed E-state index contributed by atoms with van der Waals surface area (Å²) in [4.78, 5) is 6.80. The maximum Gasteiger partial charge on any atom is 0.208 e. The molecule has 0 heterocycles. The molecule has 17 heavy (non-hydrogen) atoms. The van der Waals surface area contributed by atoms with Gasteiger partial charge in [0.15, 0.2) is 0 Å². The second-order valence-corrected chi connectivity index (χ2v) is 5.20. The molecule has 0 amide bonds. The monoisotopic (exact) mass is 242 g/mol. The van der Waals surface area contributed by atoms with Crippen molar-refractivity contribution >= 4 is 5.96 Å². The van der Waals surface area contributed by atoms with E-state index < -0.39 is 0 Å². The zero-order valence-electron chi connectivity index (χ0n) is 12.2. The van der Waals surface area contributed by atoms with E-state index >= 15 is 0 Å². The predicted octanol–water partition coefficient (Wildman–Crippen LogP) is 2.36. The van der Waals surface area contributed by atoms with Crippen molar-refractivity contribution in [3.05, 3.63) is 0 Å². The quantitative estimate of drug-likeness (QED) is 0.237. The Kier molecular flexibility index (Phi) is 8.86. The molecular formula is C13H30N4. The van der Waals surface area contributed by atoms with Crippen LogP contribution in [0.4, 0.5) is 0 Å². The lowest BCUT2D eigenvalue weighted by atomic mass is 10.2. The fourth-order valence-corrected chi connectivity index (χ4v) is 1.63. The lowest BCUT2D eigenvalue weighted by Gasteiger charge is -2.29. The van der Waals surface area contributed by atoms with Crippen molar-refractivity contribution in [3.8, 4) is 0 Å². The van der Waals surface area contributed by atoms with Crippen molar-refractivity contribution in [3.63, 3.8) is 0 Å². The molecule has 0 fully saturated rings. The van der Waals surface area contributed by atoms with E-state index in [2.05, 4.69) is 49.9 Å². The summed E-state index contributed by atoms with van der Waals surface area (Å²) in [7, 11) is 0. The van der Waals surface area contributed by atoms with Crippen LogP contribution in [0.1, 0.15) is 53.9 Å². The summed E-state index contributed by atoms with van der Waals surface area (Å²) < 4.78 is 0. The largest absolute Gasteiger partial charge is 0.340 e. The average Bonchev–Trinajstić information content (AvgIpc) is 2.26. The number of hydrogen-bond acceptors (Lipinski definition) is 2. The summed E-state index contributed by atoms with van der Waals surface area (Å²) in [6, 6.07) is 0.425. The number of nitrogens with two attached hydrogens (primary N) is 1. The number of hydrogen-bond donors (Lipinski definition) is 2. The van der Waals surface area contributed by atoms with Crippen LogP contribution < -0.4 is 11.3 Å². The van der Waals surface area contributed by atoms with E-state index in [-0.39, 0.29) is 0 Å². The first-order chi connectivity index (χ1) is 8.02.